The lowest BCUT2D eigenvalue weighted by Crippen LogP contribution is -2.29. The summed E-state index contributed by atoms with van der Waals surface area (Å²) in [5.41, 5.74) is 23.7. The van der Waals surface area contributed by atoms with Gasteiger partial charge in [0.1, 0.15) is 0 Å². The van der Waals surface area contributed by atoms with Gasteiger partial charge in [0.2, 0.25) is 0 Å². The summed E-state index contributed by atoms with van der Waals surface area (Å²) in [6.07, 6.45) is 0. The summed E-state index contributed by atoms with van der Waals surface area (Å²) < 4.78 is 0. The second-order valence-electron chi connectivity index (χ2n) is 8.92. The van der Waals surface area contributed by atoms with E-state index in [-0.39, 0.29) is 0 Å². The van der Waals surface area contributed by atoms with E-state index in [1.54, 1.807) is 0 Å². The number of hydrogen-bond acceptors (Lipinski definition) is 2. The highest BCUT2D eigenvalue weighted by molar-refractivity contribution is 5.89. The van der Waals surface area contributed by atoms with Crippen molar-refractivity contribution in [1.82, 2.24) is 0 Å². The molecule has 0 unspecified atom stereocenters. The van der Waals surface area contributed by atoms with Crippen molar-refractivity contribution in [3.8, 4) is 22.3 Å². The first-order valence-corrected chi connectivity index (χ1v) is 11.7. The Morgan fingerprint density at radius 1 is 0.529 bits per heavy atom. The summed E-state index contributed by atoms with van der Waals surface area (Å²) in [5.74, 6) is 0. The molecule has 0 atom stereocenters. The van der Waals surface area contributed by atoms with Gasteiger partial charge in [-0.2, -0.15) is 0 Å². The van der Waals surface area contributed by atoms with Crippen molar-refractivity contribution in [2.45, 2.75) is 12.0 Å². The highest BCUT2D eigenvalue weighted by atomic mass is 14.6. The molecule has 6 rings (SSSR count). The average molecular weight is 439 g/mol. The third-order valence-electron chi connectivity index (χ3n) is 7.08. The normalized spacial score (nSPS) is 13.3. The van der Waals surface area contributed by atoms with Gasteiger partial charge < -0.3 is 11.5 Å². The molecule has 0 saturated carbocycles. The van der Waals surface area contributed by atoms with Crippen LogP contribution in [-0.2, 0) is 12.0 Å². The second-order valence-corrected chi connectivity index (χ2v) is 8.92. The number of rotatable bonds is 4. The minimum atomic E-state index is -0.488. The molecule has 0 radical (unpaired) electrons. The Kier molecular flexibility index (Phi) is 4.83. The molecule has 5 aromatic carbocycles. The molecule has 0 fully saturated rings. The number of anilines is 1. The zero-order valence-electron chi connectivity index (χ0n) is 18.9. The molecule has 0 spiro atoms. The van der Waals surface area contributed by atoms with Gasteiger partial charge in [-0.05, 0) is 68.3 Å². The van der Waals surface area contributed by atoms with E-state index in [9.17, 15) is 0 Å². The SMILES string of the molecule is NCc1cccc(-c2ccc(N)cc2C2(c3ccccc3)c3ccccc3-c3ccccc32)c1. The van der Waals surface area contributed by atoms with Crippen LogP contribution in [0.25, 0.3) is 22.3 Å². The van der Waals surface area contributed by atoms with E-state index in [0.29, 0.717) is 6.54 Å². The number of fused-ring (bicyclic) bond motifs is 3. The van der Waals surface area contributed by atoms with Gasteiger partial charge in [-0.25, -0.2) is 0 Å². The zero-order valence-corrected chi connectivity index (χ0v) is 18.9. The molecule has 0 amide bonds. The Balaban J connectivity index is 1.78. The summed E-state index contributed by atoms with van der Waals surface area (Å²) in [7, 11) is 0. The first kappa shape index (κ1) is 20.5. The molecule has 0 saturated heterocycles. The van der Waals surface area contributed by atoms with E-state index in [2.05, 4.69) is 115 Å². The van der Waals surface area contributed by atoms with Crippen LogP contribution in [0.4, 0.5) is 5.69 Å². The first-order chi connectivity index (χ1) is 16.7. The van der Waals surface area contributed by atoms with Crippen LogP contribution >= 0.6 is 0 Å². The minimum absolute atomic E-state index is 0.488. The molecule has 1 aliphatic carbocycles. The topological polar surface area (TPSA) is 52.0 Å². The maximum Gasteiger partial charge on any atom is 0.0720 e. The molecule has 2 nitrogen and oxygen atoms in total. The van der Waals surface area contributed by atoms with Crippen LogP contribution in [0.3, 0.4) is 0 Å². The van der Waals surface area contributed by atoms with E-state index in [4.69, 9.17) is 11.5 Å². The van der Waals surface area contributed by atoms with Gasteiger partial charge >= 0.3 is 0 Å². The fourth-order valence-electron chi connectivity index (χ4n) is 5.67. The van der Waals surface area contributed by atoms with Crippen molar-refractivity contribution in [2.24, 2.45) is 5.73 Å². The number of hydrogen-bond donors (Lipinski definition) is 2. The molecular formula is C32H26N2. The number of benzene rings is 5. The smallest absolute Gasteiger partial charge is 0.0720 e. The zero-order chi connectivity index (χ0) is 23.1. The van der Waals surface area contributed by atoms with Crippen molar-refractivity contribution >= 4 is 5.69 Å². The van der Waals surface area contributed by atoms with Crippen molar-refractivity contribution in [3.63, 3.8) is 0 Å². The van der Waals surface area contributed by atoms with E-state index in [0.717, 1.165) is 16.8 Å². The Morgan fingerprint density at radius 2 is 1.18 bits per heavy atom. The van der Waals surface area contributed by atoms with E-state index < -0.39 is 5.41 Å². The van der Waals surface area contributed by atoms with Gasteiger partial charge in [-0.3, -0.25) is 0 Å². The fourth-order valence-corrected chi connectivity index (χ4v) is 5.67. The minimum Gasteiger partial charge on any atom is -0.399 e. The predicted molar refractivity (Wildman–Crippen MR) is 141 cm³/mol. The molecular weight excluding hydrogens is 412 g/mol. The molecule has 4 N–H and O–H groups in total. The Labute approximate surface area is 200 Å². The summed E-state index contributed by atoms with van der Waals surface area (Å²) >= 11 is 0. The molecule has 0 aliphatic heterocycles. The van der Waals surface area contributed by atoms with Gasteiger partial charge in [0.05, 0.1) is 5.41 Å². The van der Waals surface area contributed by atoms with Crippen LogP contribution in [0, 0.1) is 0 Å². The molecule has 0 aromatic heterocycles. The summed E-state index contributed by atoms with van der Waals surface area (Å²) in [5, 5.41) is 0. The van der Waals surface area contributed by atoms with Gasteiger partial charge in [0.25, 0.3) is 0 Å². The molecule has 34 heavy (non-hydrogen) atoms. The van der Waals surface area contributed by atoms with Gasteiger partial charge in [0, 0.05) is 12.2 Å². The maximum absolute atomic E-state index is 6.49. The van der Waals surface area contributed by atoms with Crippen molar-refractivity contribution in [3.05, 3.63) is 149 Å². The predicted octanol–water partition coefficient (Wildman–Crippen LogP) is 6.76. The van der Waals surface area contributed by atoms with Crippen molar-refractivity contribution in [1.29, 1.82) is 0 Å². The van der Waals surface area contributed by atoms with Gasteiger partial charge in [-0.1, -0.05) is 103 Å². The van der Waals surface area contributed by atoms with Crippen LogP contribution in [0.5, 0.6) is 0 Å². The lowest BCUT2D eigenvalue weighted by molar-refractivity contribution is 0.771. The van der Waals surface area contributed by atoms with Crippen LogP contribution < -0.4 is 11.5 Å². The molecule has 1 aliphatic rings. The fraction of sp³-hybridized carbons (Fsp3) is 0.0625. The van der Waals surface area contributed by atoms with Gasteiger partial charge in [-0.15, -0.1) is 0 Å². The molecule has 0 heterocycles. The van der Waals surface area contributed by atoms with Crippen molar-refractivity contribution in [2.75, 3.05) is 5.73 Å². The summed E-state index contributed by atoms with van der Waals surface area (Å²) in [4.78, 5) is 0. The molecule has 164 valence electrons. The van der Waals surface area contributed by atoms with Crippen LogP contribution in [0.1, 0.15) is 27.8 Å². The van der Waals surface area contributed by atoms with E-state index in [1.807, 2.05) is 6.07 Å². The lowest BCUT2D eigenvalue weighted by atomic mass is 9.65. The first-order valence-electron chi connectivity index (χ1n) is 11.7. The molecule has 5 aromatic rings. The summed E-state index contributed by atoms with van der Waals surface area (Å²) in [6.45, 7) is 0.508. The Bertz CT molecular complexity index is 1460. The molecule has 2 heteroatoms. The Morgan fingerprint density at radius 3 is 1.85 bits per heavy atom. The number of nitrogen functional groups attached to an aromatic ring is 1. The highest BCUT2D eigenvalue weighted by Crippen LogP contribution is 2.57. The number of nitrogens with two attached hydrogens (primary N) is 2. The average Bonchev–Trinajstić information content (AvgIpc) is 3.20. The Hall–Kier alpha value is -4.14. The standard InChI is InChI=1S/C32H26N2/c33-21-22-9-8-10-23(19-22)26-18-17-25(34)20-31(26)32(24-11-2-1-3-12-24)29-15-6-4-13-27(29)28-14-5-7-16-30(28)32/h1-20H,21,33-34H2. The van der Waals surface area contributed by atoms with Gasteiger partial charge in [0.15, 0.2) is 0 Å². The van der Waals surface area contributed by atoms with E-state index in [1.165, 1.54) is 38.9 Å². The van der Waals surface area contributed by atoms with Crippen LogP contribution in [0.15, 0.2) is 121 Å². The van der Waals surface area contributed by atoms with E-state index >= 15 is 0 Å². The third kappa shape index (κ3) is 2.93. The largest absolute Gasteiger partial charge is 0.399 e. The van der Waals surface area contributed by atoms with Crippen LogP contribution in [0.2, 0.25) is 0 Å². The second kappa shape index (κ2) is 8.02. The van der Waals surface area contributed by atoms with Crippen LogP contribution in [-0.4, -0.2) is 0 Å². The monoisotopic (exact) mass is 438 g/mol. The highest BCUT2D eigenvalue weighted by Gasteiger charge is 2.47. The van der Waals surface area contributed by atoms with Crippen molar-refractivity contribution < 1.29 is 0 Å². The third-order valence-corrected chi connectivity index (χ3v) is 7.08. The quantitative estimate of drug-likeness (QED) is 0.299. The molecule has 0 bridgehead atoms. The summed E-state index contributed by atoms with van der Waals surface area (Å²) in [6, 6.07) is 43.2. The lowest BCUT2D eigenvalue weighted by Gasteiger charge is -2.35. The maximum atomic E-state index is 6.49.